The van der Waals surface area contributed by atoms with Crippen LogP contribution >= 0.6 is 11.3 Å². The number of fused-ring (bicyclic) bond motifs is 2. The van der Waals surface area contributed by atoms with Crippen molar-refractivity contribution < 1.29 is 19.5 Å². The highest BCUT2D eigenvalue weighted by Crippen LogP contribution is 2.42. The van der Waals surface area contributed by atoms with Crippen LogP contribution in [0.3, 0.4) is 0 Å². The van der Waals surface area contributed by atoms with Crippen LogP contribution in [0.2, 0.25) is 0 Å². The van der Waals surface area contributed by atoms with Crippen LogP contribution in [0.4, 0.5) is 5.00 Å². The van der Waals surface area contributed by atoms with Gasteiger partial charge in [0.15, 0.2) is 0 Å². The van der Waals surface area contributed by atoms with Gasteiger partial charge in [0.25, 0.3) is 0 Å². The Morgan fingerprint density at radius 2 is 1.89 bits per heavy atom. The summed E-state index contributed by atoms with van der Waals surface area (Å²) < 4.78 is 0. The molecular weight excluding hydrogens is 266 g/mol. The molecule has 1 aliphatic carbocycles. The van der Waals surface area contributed by atoms with Crippen molar-refractivity contribution in [3.8, 4) is 0 Å². The number of carbonyl (C=O) groups excluding carboxylic acids is 2. The van der Waals surface area contributed by atoms with Crippen molar-refractivity contribution in [3.05, 3.63) is 16.5 Å². The highest BCUT2D eigenvalue weighted by Gasteiger charge is 2.46. The highest BCUT2D eigenvalue weighted by molar-refractivity contribution is 7.18. The largest absolute Gasteiger partial charge is 0.477 e. The molecule has 0 radical (unpaired) electrons. The number of carboxylic acid groups (broad SMARTS) is 1. The first-order valence-corrected chi connectivity index (χ1v) is 7.02. The number of carboxylic acids is 1. The summed E-state index contributed by atoms with van der Waals surface area (Å²) in [7, 11) is 0. The zero-order valence-electron chi connectivity index (χ0n) is 10.4. The molecule has 0 spiro atoms. The van der Waals surface area contributed by atoms with Gasteiger partial charge in [-0.15, -0.1) is 11.3 Å². The lowest BCUT2D eigenvalue weighted by Crippen LogP contribution is -2.46. The third-order valence-electron chi connectivity index (χ3n) is 3.89. The summed E-state index contributed by atoms with van der Waals surface area (Å²) in [5, 5.41) is 9.49. The van der Waals surface area contributed by atoms with Gasteiger partial charge in [-0.05, 0) is 37.8 Å². The summed E-state index contributed by atoms with van der Waals surface area (Å²) in [5.74, 6) is -1.50. The van der Waals surface area contributed by atoms with Crippen molar-refractivity contribution in [1.82, 2.24) is 0 Å². The molecule has 100 valence electrons. The topological polar surface area (TPSA) is 74.7 Å². The smallest absolute Gasteiger partial charge is 0.346 e. The minimum Gasteiger partial charge on any atom is -0.477 e. The molecule has 2 bridgehead atoms. The molecule has 2 aliphatic rings. The summed E-state index contributed by atoms with van der Waals surface area (Å²) in [6.45, 7) is 1.68. The van der Waals surface area contributed by atoms with Crippen molar-refractivity contribution in [2.75, 3.05) is 4.90 Å². The molecule has 2 unspecified atom stereocenters. The number of amides is 2. The Balaban J connectivity index is 2.01. The van der Waals surface area contributed by atoms with Crippen molar-refractivity contribution in [1.29, 1.82) is 0 Å². The SMILES string of the molecule is Cc1cc(N2C(=O)C3CCC(C3)C2=O)sc1C(=O)O. The molecule has 1 aromatic heterocycles. The van der Waals surface area contributed by atoms with E-state index in [1.807, 2.05) is 0 Å². The van der Waals surface area contributed by atoms with E-state index in [4.69, 9.17) is 5.11 Å². The van der Waals surface area contributed by atoms with Crippen LogP contribution in [0.5, 0.6) is 0 Å². The van der Waals surface area contributed by atoms with Gasteiger partial charge in [0.2, 0.25) is 11.8 Å². The fourth-order valence-electron chi connectivity index (χ4n) is 2.91. The number of piperidine rings is 1. The summed E-state index contributed by atoms with van der Waals surface area (Å²) in [5.41, 5.74) is 0.589. The molecule has 6 heteroatoms. The maximum atomic E-state index is 12.2. The Bertz CT molecular complexity index is 569. The average Bonchev–Trinajstić information content (AvgIpc) is 2.93. The summed E-state index contributed by atoms with van der Waals surface area (Å²) >= 11 is 0.998. The van der Waals surface area contributed by atoms with E-state index in [2.05, 4.69) is 0 Å². The van der Waals surface area contributed by atoms with E-state index in [9.17, 15) is 14.4 Å². The lowest BCUT2D eigenvalue weighted by atomic mass is 9.97. The molecular formula is C13H13NO4S. The summed E-state index contributed by atoms with van der Waals surface area (Å²) in [6, 6.07) is 1.62. The van der Waals surface area contributed by atoms with Gasteiger partial charge in [-0.3, -0.25) is 9.59 Å². The predicted molar refractivity (Wildman–Crippen MR) is 69.3 cm³/mol. The third kappa shape index (κ3) is 1.78. The first kappa shape index (κ1) is 12.3. The fourth-order valence-corrected chi connectivity index (χ4v) is 3.93. The molecule has 2 fully saturated rings. The molecule has 0 aromatic carbocycles. The Labute approximate surface area is 113 Å². The van der Waals surface area contributed by atoms with E-state index in [0.717, 1.165) is 24.2 Å². The lowest BCUT2D eigenvalue weighted by Gasteiger charge is -2.28. The molecule has 1 aliphatic heterocycles. The molecule has 3 rings (SSSR count). The lowest BCUT2D eigenvalue weighted by molar-refractivity contribution is -0.132. The van der Waals surface area contributed by atoms with Gasteiger partial charge in [0, 0.05) is 11.8 Å². The van der Waals surface area contributed by atoms with Gasteiger partial charge in [-0.2, -0.15) is 0 Å². The number of hydrogen-bond donors (Lipinski definition) is 1. The van der Waals surface area contributed by atoms with Crippen LogP contribution in [-0.2, 0) is 9.59 Å². The van der Waals surface area contributed by atoms with E-state index in [0.29, 0.717) is 17.0 Å². The quantitative estimate of drug-likeness (QED) is 0.841. The number of aryl methyl sites for hydroxylation is 1. The maximum absolute atomic E-state index is 12.2. The van der Waals surface area contributed by atoms with Gasteiger partial charge in [-0.1, -0.05) is 0 Å². The Kier molecular flexibility index (Phi) is 2.70. The number of hydrogen-bond acceptors (Lipinski definition) is 4. The standard InChI is InChI=1S/C13H13NO4S/c1-6-4-9(19-10(6)13(17)18)14-11(15)7-2-3-8(5-7)12(14)16/h4,7-8H,2-3,5H2,1H3,(H,17,18). The van der Waals surface area contributed by atoms with Crippen molar-refractivity contribution >= 4 is 34.1 Å². The number of imide groups is 1. The normalized spacial score (nSPS) is 26.1. The molecule has 19 heavy (non-hydrogen) atoms. The molecule has 5 nitrogen and oxygen atoms in total. The minimum atomic E-state index is -1.02. The van der Waals surface area contributed by atoms with Gasteiger partial charge < -0.3 is 5.11 Å². The summed E-state index contributed by atoms with van der Waals surface area (Å²) in [4.78, 5) is 36.9. The Morgan fingerprint density at radius 3 is 2.37 bits per heavy atom. The molecule has 1 N–H and O–H groups in total. The first-order chi connectivity index (χ1) is 8.99. The minimum absolute atomic E-state index is 0.0709. The second-order valence-electron chi connectivity index (χ2n) is 5.12. The number of aromatic carboxylic acids is 1. The highest BCUT2D eigenvalue weighted by atomic mass is 32.1. The van der Waals surface area contributed by atoms with Gasteiger partial charge in [0.1, 0.15) is 9.88 Å². The van der Waals surface area contributed by atoms with Crippen LogP contribution in [0, 0.1) is 18.8 Å². The van der Waals surface area contributed by atoms with E-state index in [-0.39, 0.29) is 28.5 Å². The second-order valence-corrected chi connectivity index (χ2v) is 6.15. The number of thiophene rings is 1. The summed E-state index contributed by atoms with van der Waals surface area (Å²) in [6.07, 6.45) is 2.19. The van der Waals surface area contributed by atoms with E-state index < -0.39 is 5.97 Å². The van der Waals surface area contributed by atoms with E-state index in [1.54, 1.807) is 13.0 Å². The van der Waals surface area contributed by atoms with E-state index in [1.165, 1.54) is 4.90 Å². The predicted octanol–water partition coefficient (Wildman–Crippen LogP) is 2.04. The number of rotatable bonds is 2. The zero-order valence-corrected chi connectivity index (χ0v) is 11.2. The maximum Gasteiger partial charge on any atom is 0.346 e. The van der Waals surface area contributed by atoms with Crippen LogP contribution in [-0.4, -0.2) is 22.9 Å². The fraction of sp³-hybridized carbons (Fsp3) is 0.462. The molecule has 1 aromatic rings. The monoisotopic (exact) mass is 279 g/mol. The van der Waals surface area contributed by atoms with Crippen LogP contribution < -0.4 is 4.90 Å². The van der Waals surface area contributed by atoms with Crippen molar-refractivity contribution in [2.45, 2.75) is 26.2 Å². The zero-order chi connectivity index (χ0) is 13.7. The first-order valence-electron chi connectivity index (χ1n) is 6.20. The average molecular weight is 279 g/mol. The van der Waals surface area contributed by atoms with Gasteiger partial charge in [-0.25, -0.2) is 9.69 Å². The van der Waals surface area contributed by atoms with Gasteiger partial charge in [0.05, 0.1) is 0 Å². The Hall–Kier alpha value is -1.69. The van der Waals surface area contributed by atoms with Crippen LogP contribution in [0.1, 0.15) is 34.5 Å². The molecule has 1 saturated carbocycles. The number of carbonyl (C=O) groups is 3. The number of anilines is 1. The van der Waals surface area contributed by atoms with Crippen LogP contribution in [0.15, 0.2) is 6.07 Å². The van der Waals surface area contributed by atoms with Crippen molar-refractivity contribution in [2.24, 2.45) is 11.8 Å². The molecule has 2 atom stereocenters. The molecule has 2 heterocycles. The van der Waals surface area contributed by atoms with Gasteiger partial charge >= 0.3 is 5.97 Å². The second kappa shape index (κ2) is 4.16. The van der Waals surface area contributed by atoms with E-state index >= 15 is 0 Å². The van der Waals surface area contributed by atoms with Crippen molar-refractivity contribution in [3.63, 3.8) is 0 Å². The third-order valence-corrected chi connectivity index (χ3v) is 5.10. The Morgan fingerprint density at radius 1 is 1.32 bits per heavy atom. The molecule has 1 saturated heterocycles. The number of nitrogens with zero attached hydrogens (tertiary/aromatic N) is 1. The molecule has 2 amide bonds. The van der Waals surface area contributed by atoms with Crippen LogP contribution in [0.25, 0.3) is 0 Å².